The van der Waals surface area contributed by atoms with Gasteiger partial charge in [0.1, 0.15) is 5.52 Å². The quantitative estimate of drug-likeness (QED) is 0.294. The maximum atomic E-state index is 11.8. The number of likely N-dealkylation sites (tertiary alicyclic amines) is 1. The van der Waals surface area contributed by atoms with E-state index in [9.17, 15) is 18.0 Å². The van der Waals surface area contributed by atoms with E-state index in [1.165, 1.54) is 30.4 Å². The summed E-state index contributed by atoms with van der Waals surface area (Å²) in [6.07, 6.45) is 6.14. The number of carboxylic acids is 1. The summed E-state index contributed by atoms with van der Waals surface area (Å²) in [7, 11) is 0. The number of benzene rings is 2. The number of carbonyl (C=O) groups excluding carboxylic acids is 1. The summed E-state index contributed by atoms with van der Waals surface area (Å²) in [5.74, 6) is -2.65. The van der Waals surface area contributed by atoms with Gasteiger partial charge in [0, 0.05) is 12.1 Å². The van der Waals surface area contributed by atoms with Crippen molar-refractivity contribution < 1.29 is 37.5 Å². The number of aliphatic carboxylic acids is 1. The van der Waals surface area contributed by atoms with Crippen molar-refractivity contribution in [2.24, 2.45) is 0 Å². The summed E-state index contributed by atoms with van der Waals surface area (Å²) < 4.78 is 38.0. The lowest BCUT2D eigenvalue weighted by atomic mass is 9.78. The van der Waals surface area contributed by atoms with Crippen molar-refractivity contribution in [3.63, 3.8) is 0 Å². The minimum absolute atomic E-state index is 0.343. The molecule has 0 bridgehead atoms. The second-order valence-electron chi connectivity index (χ2n) is 9.50. The van der Waals surface area contributed by atoms with E-state index in [0.717, 1.165) is 26.1 Å². The van der Waals surface area contributed by atoms with Crippen molar-refractivity contribution in [1.82, 2.24) is 15.4 Å². The molecule has 1 unspecified atom stereocenters. The highest BCUT2D eigenvalue weighted by Gasteiger charge is 2.39. The van der Waals surface area contributed by atoms with Crippen molar-refractivity contribution in [2.45, 2.75) is 37.3 Å². The van der Waals surface area contributed by atoms with E-state index >= 15 is 0 Å². The molecule has 206 valence electrons. The molecule has 2 aromatic carbocycles. The van der Waals surface area contributed by atoms with E-state index in [-0.39, 0.29) is 5.41 Å². The summed E-state index contributed by atoms with van der Waals surface area (Å²) in [5, 5.41) is 16.1. The molecule has 1 saturated heterocycles. The molecule has 11 heteroatoms. The summed E-state index contributed by atoms with van der Waals surface area (Å²) in [5.41, 5.74) is 5.31. The van der Waals surface area contributed by atoms with Gasteiger partial charge >= 0.3 is 12.1 Å². The monoisotopic (exact) mass is 543 g/mol. The van der Waals surface area contributed by atoms with Crippen LogP contribution in [0.3, 0.4) is 0 Å². The lowest BCUT2D eigenvalue weighted by Crippen LogP contribution is -2.42. The number of hydroxylamine groups is 1. The Morgan fingerprint density at radius 3 is 2.36 bits per heavy atom. The summed E-state index contributed by atoms with van der Waals surface area (Å²) in [6.45, 7) is 3.02. The fraction of sp³-hybridized carbons (Fsp3) is 0.321. The largest absolute Gasteiger partial charge is 0.490 e. The zero-order valence-corrected chi connectivity index (χ0v) is 20.9. The Hall–Kier alpha value is -3.96. The van der Waals surface area contributed by atoms with Crippen molar-refractivity contribution in [3.8, 4) is 0 Å². The van der Waals surface area contributed by atoms with Gasteiger partial charge in [-0.2, -0.15) is 13.2 Å². The number of amides is 1. The predicted molar refractivity (Wildman–Crippen MR) is 137 cm³/mol. The van der Waals surface area contributed by atoms with E-state index in [2.05, 4.69) is 47.4 Å². The number of hydrogen-bond donors (Lipinski definition) is 3. The fourth-order valence-electron chi connectivity index (χ4n) is 4.73. The SMILES string of the molecule is O=C(NO)c1ccc2oc(C3(CN4CCCCC4)C=CC(c4ccccc4)=CC3)nc2c1.O=C(O)C(F)(F)F. The molecule has 8 nitrogen and oxygen atoms in total. The van der Waals surface area contributed by atoms with Crippen LogP contribution in [0.5, 0.6) is 0 Å². The molecule has 1 aliphatic carbocycles. The second-order valence-corrected chi connectivity index (χ2v) is 9.50. The Kier molecular flexibility index (Phi) is 8.51. The third kappa shape index (κ3) is 6.73. The van der Waals surface area contributed by atoms with E-state index in [0.29, 0.717) is 22.6 Å². The molecule has 3 aromatic rings. The maximum absolute atomic E-state index is 11.8. The minimum Gasteiger partial charge on any atom is -0.475 e. The Morgan fingerprint density at radius 2 is 1.77 bits per heavy atom. The van der Waals surface area contributed by atoms with Gasteiger partial charge in [-0.15, -0.1) is 0 Å². The molecule has 0 saturated carbocycles. The molecular weight excluding hydrogens is 515 g/mol. The second kappa shape index (κ2) is 11.8. The van der Waals surface area contributed by atoms with Gasteiger partial charge in [-0.05, 0) is 61.7 Å². The molecular formula is C28H28F3N3O5. The van der Waals surface area contributed by atoms with E-state index in [1.807, 2.05) is 6.07 Å². The van der Waals surface area contributed by atoms with E-state index in [4.69, 9.17) is 24.5 Å². The van der Waals surface area contributed by atoms with Crippen molar-refractivity contribution in [3.05, 3.63) is 83.8 Å². The number of alkyl halides is 3. The number of nitrogens with one attached hydrogen (secondary N) is 1. The molecule has 1 amide bonds. The first-order valence-electron chi connectivity index (χ1n) is 12.4. The number of nitrogens with zero attached hydrogens (tertiary/aromatic N) is 2. The third-order valence-corrected chi connectivity index (χ3v) is 6.75. The van der Waals surface area contributed by atoms with Gasteiger partial charge in [0.25, 0.3) is 5.91 Å². The lowest BCUT2D eigenvalue weighted by molar-refractivity contribution is -0.192. The van der Waals surface area contributed by atoms with Gasteiger partial charge < -0.3 is 14.4 Å². The number of fused-ring (bicyclic) bond motifs is 1. The number of rotatable bonds is 5. The lowest BCUT2D eigenvalue weighted by Gasteiger charge is -2.37. The Balaban J connectivity index is 0.000000448. The number of aromatic nitrogens is 1. The third-order valence-electron chi connectivity index (χ3n) is 6.75. The first-order chi connectivity index (χ1) is 18.6. The number of halogens is 3. The molecule has 2 aliphatic rings. The summed E-state index contributed by atoms with van der Waals surface area (Å²) in [6, 6.07) is 15.4. The van der Waals surface area contributed by atoms with Crippen LogP contribution in [0.2, 0.25) is 0 Å². The Labute approximate surface area is 222 Å². The number of carbonyl (C=O) groups is 2. The van der Waals surface area contributed by atoms with Gasteiger partial charge in [-0.1, -0.05) is 55.0 Å². The van der Waals surface area contributed by atoms with E-state index in [1.54, 1.807) is 23.7 Å². The smallest absolute Gasteiger partial charge is 0.475 e. The van der Waals surface area contributed by atoms with Gasteiger partial charge in [0.2, 0.25) is 5.89 Å². The Bertz CT molecular complexity index is 1380. The first-order valence-corrected chi connectivity index (χ1v) is 12.4. The van der Waals surface area contributed by atoms with Crippen LogP contribution < -0.4 is 5.48 Å². The van der Waals surface area contributed by atoms with Crippen LogP contribution in [0.25, 0.3) is 16.7 Å². The number of carboxylic acid groups (broad SMARTS) is 1. The molecule has 39 heavy (non-hydrogen) atoms. The van der Waals surface area contributed by atoms with Gasteiger partial charge in [0.15, 0.2) is 5.58 Å². The average Bonchev–Trinajstić information content (AvgIpc) is 3.38. The topological polar surface area (TPSA) is 116 Å². The minimum atomic E-state index is -5.08. The number of oxazole rings is 1. The molecule has 1 aliphatic heterocycles. The summed E-state index contributed by atoms with van der Waals surface area (Å²) >= 11 is 0. The van der Waals surface area contributed by atoms with Crippen molar-refractivity contribution >= 4 is 28.5 Å². The molecule has 1 fully saturated rings. The fourth-order valence-corrected chi connectivity index (χ4v) is 4.73. The molecule has 1 aromatic heterocycles. The van der Waals surface area contributed by atoms with Crippen molar-refractivity contribution in [2.75, 3.05) is 19.6 Å². The molecule has 1 atom stereocenters. The first kappa shape index (κ1) is 28.1. The van der Waals surface area contributed by atoms with E-state index < -0.39 is 18.1 Å². The highest BCUT2D eigenvalue weighted by molar-refractivity contribution is 5.96. The molecule has 0 radical (unpaired) electrons. The van der Waals surface area contributed by atoms with Crippen LogP contribution in [-0.2, 0) is 10.2 Å². The summed E-state index contributed by atoms with van der Waals surface area (Å²) in [4.78, 5) is 28.0. The van der Waals surface area contributed by atoms with Crippen molar-refractivity contribution in [1.29, 1.82) is 0 Å². The van der Waals surface area contributed by atoms with Gasteiger partial charge in [-0.3, -0.25) is 10.0 Å². The highest BCUT2D eigenvalue weighted by atomic mass is 19.4. The zero-order valence-electron chi connectivity index (χ0n) is 20.9. The molecule has 0 spiro atoms. The number of allylic oxidation sites excluding steroid dienone is 3. The number of hydrogen-bond acceptors (Lipinski definition) is 6. The highest BCUT2D eigenvalue weighted by Crippen LogP contribution is 2.39. The van der Waals surface area contributed by atoms with Gasteiger partial charge in [-0.25, -0.2) is 15.3 Å². The molecule has 2 heterocycles. The van der Waals surface area contributed by atoms with Crippen LogP contribution in [0, 0.1) is 0 Å². The van der Waals surface area contributed by atoms with Gasteiger partial charge in [0.05, 0.1) is 5.41 Å². The normalized spacial score (nSPS) is 19.6. The van der Waals surface area contributed by atoms with Crippen LogP contribution in [0.4, 0.5) is 13.2 Å². The molecule has 5 rings (SSSR count). The van der Waals surface area contributed by atoms with Crippen LogP contribution in [-0.4, -0.2) is 57.9 Å². The van der Waals surface area contributed by atoms with Crippen LogP contribution >= 0.6 is 0 Å². The predicted octanol–water partition coefficient (Wildman–Crippen LogP) is 5.35. The van der Waals surface area contributed by atoms with Crippen LogP contribution in [0.1, 0.15) is 47.5 Å². The van der Waals surface area contributed by atoms with Crippen LogP contribution in [0.15, 0.2) is 71.2 Å². The average molecular weight is 544 g/mol. The zero-order chi connectivity index (χ0) is 28.0. The molecule has 3 N–H and O–H groups in total. The maximum Gasteiger partial charge on any atom is 0.490 e. The standard InChI is InChI=1S/C26H27N3O3.C2HF3O2/c30-24(28-31)21-9-10-23-22(17-21)27-25(32-23)26(18-29-15-5-2-6-16-29)13-11-20(12-14-26)19-7-3-1-4-8-19;3-2(4,5)1(6)7/h1,3-4,7-13,17,31H,2,5-6,14-16,18H2,(H,28,30);(H,6,7). The number of piperidine rings is 1. The Morgan fingerprint density at radius 1 is 1.08 bits per heavy atom.